The van der Waals surface area contributed by atoms with Crippen LogP contribution in [-0.4, -0.2) is 4.98 Å². The number of anilines is 1. The lowest BCUT2D eigenvalue weighted by Gasteiger charge is -2.01. The number of nitrogens with two attached hydrogens (primary N) is 1. The number of nitrogens with zero attached hydrogens (tertiary/aromatic N) is 1. The van der Waals surface area contributed by atoms with E-state index in [9.17, 15) is 0 Å². The van der Waals surface area contributed by atoms with E-state index >= 15 is 0 Å². The summed E-state index contributed by atoms with van der Waals surface area (Å²) in [5.41, 5.74) is 6.61. The van der Waals surface area contributed by atoms with E-state index in [0.29, 0.717) is 5.13 Å². The highest BCUT2D eigenvalue weighted by Gasteiger charge is 2.02. The van der Waals surface area contributed by atoms with Gasteiger partial charge in [0.2, 0.25) is 0 Å². The van der Waals surface area contributed by atoms with Crippen LogP contribution in [0.4, 0.5) is 5.13 Å². The summed E-state index contributed by atoms with van der Waals surface area (Å²) in [5, 5.41) is 2.64. The lowest BCUT2D eigenvalue weighted by atomic mass is 10.4. The van der Waals surface area contributed by atoms with Crippen LogP contribution in [0.2, 0.25) is 0 Å². The minimum absolute atomic E-state index is 0.637. The molecule has 78 valence electrons. The molecule has 0 aliphatic carbocycles. The number of thiazole rings is 1. The van der Waals surface area contributed by atoms with Crippen LogP contribution in [0.1, 0.15) is 5.69 Å². The zero-order valence-corrected chi connectivity index (χ0v) is 11.0. The van der Waals surface area contributed by atoms with Gasteiger partial charge in [0.25, 0.3) is 0 Å². The molecule has 2 aromatic rings. The summed E-state index contributed by atoms with van der Waals surface area (Å²) < 4.78 is 1.12. The number of halogens is 1. The lowest BCUT2D eigenvalue weighted by Crippen LogP contribution is -1.85. The van der Waals surface area contributed by atoms with Crippen LogP contribution in [0.25, 0.3) is 0 Å². The van der Waals surface area contributed by atoms with Gasteiger partial charge in [0.15, 0.2) is 5.13 Å². The number of aromatic nitrogens is 1. The summed E-state index contributed by atoms with van der Waals surface area (Å²) in [6.07, 6.45) is 0. The van der Waals surface area contributed by atoms with Crippen LogP contribution in [0.3, 0.4) is 0 Å². The Labute approximate surface area is 105 Å². The Morgan fingerprint density at radius 1 is 1.40 bits per heavy atom. The van der Waals surface area contributed by atoms with Gasteiger partial charge in [-0.15, -0.1) is 23.1 Å². The highest BCUT2D eigenvalue weighted by atomic mass is 79.9. The highest BCUT2D eigenvalue weighted by Crippen LogP contribution is 2.30. The van der Waals surface area contributed by atoms with Crippen molar-refractivity contribution in [3.05, 3.63) is 39.8 Å². The average Bonchev–Trinajstić information content (AvgIpc) is 2.63. The van der Waals surface area contributed by atoms with Gasteiger partial charge in [-0.3, -0.25) is 0 Å². The second kappa shape index (κ2) is 5.01. The number of hydrogen-bond acceptors (Lipinski definition) is 4. The Morgan fingerprint density at radius 3 is 2.87 bits per heavy atom. The molecular weight excluding hydrogens is 292 g/mol. The third kappa shape index (κ3) is 2.96. The molecule has 2 rings (SSSR count). The van der Waals surface area contributed by atoms with E-state index < -0.39 is 0 Å². The molecule has 0 saturated carbocycles. The van der Waals surface area contributed by atoms with Crippen molar-refractivity contribution >= 4 is 44.2 Å². The molecule has 0 bridgehead atoms. The highest BCUT2D eigenvalue weighted by molar-refractivity contribution is 9.10. The van der Waals surface area contributed by atoms with Gasteiger partial charge in [-0.2, -0.15) is 0 Å². The molecule has 1 heterocycles. The van der Waals surface area contributed by atoms with E-state index in [4.69, 9.17) is 5.73 Å². The van der Waals surface area contributed by atoms with Gasteiger partial charge in [0.1, 0.15) is 0 Å². The van der Waals surface area contributed by atoms with Crippen molar-refractivity contribution in [3.63, 3.8) is 0 Å². The van der Waals surface area contributed by atoms with Gasteiger partial charge in [-0.25, -0.2) is 4.98 Å². The number of hydrogen-bond donors (Lipinski definition) is 1. The second-order valence-corrected chi connectivity index (χ2v) is 5.66. The van der Waals surface area contributed by atoms with Crippen LogP contribution >= 0.6 is 39.0 Å². The van der Waals surface area contributed by atoms with Gasteiger partial charge >= 0.3 is 0 Å². The molecule has 1 aromatic carbocycles. The van der Waals surface area contributed by atoms with Gasteiger partial charge in [0, 0.05) is 20.5 Å². The van der Waals surface area contributed by atoms with Crippen LogP contribution in [-0.2, 0) is 5.75 Å². The average molecular weight is 301 g/mol. The van der Waals surface area contributed by atoms with E-state index in [-0.39, 0.29) is 0 Å². The Kier molecular flexibility index (Phi) is 3.66. The predicted molar refractivity (Wildman–Crippen MR) is 70.2 cm³/mol. The lowest BCUT2D eigenvalue weighted by molar-refractivity contribution is 1.23. The summed E-state index contributed by atoms with van der Waals surface area (Å²) in [7, 11) is 0. The summed E-state index contributed by atoms with van der Waals surface area (Å²) in [4.78, 5) is 5.44. The maximum absolute atomic E-state index is 5.57. The second-order valence-electron chi connectivity index (χ2n) is 2.90. The third-order valence-corrected chi connectivity index (χ3v) is 4.57. The molecule has 0 unspecified atom stereocenters. The standard InChI is InChI=1S/C10H9BrN2S2/c11-8-3-1-2-4-9(8)14-5-7-6-15-10(12)13-7/h1-4,6H,5H2,(H2,12,13). The van der Waals surface area contributed by atoms with Crippen LogP contribution in [0.15, 0.2) is 39.0 Å². The zero-order valence-electron chi connectivity index (χ0n) is 7.81. The molecule has 0 amide bonds. The van der Waals surface area contributed by atoms with E-state index in [1.54, 1.807) is 11.8 Å². The molecule has 0 aliphatic heterocycles. The minimum atomic E-state index is 0.637. The topological polar surface area (TPSA) is 38.9 Å². The number of rotatable bonds is 3. The van der Waals surface area contributed by atoms with E-state index in [1.807, 2.05) is 23.6 Å². The van der Waals surface area contributed by atoms with Gasteiger partial charge in [-0.1, -0.05) is 12.1 Å². The fraction of sp³-hybridized carbons (Fsp3) is 0.100. The number of nitrogen functional groups attached to an aromatic ring is 1. The monoisotopic (exact) mass is 300 g/mol. The molecule has 1 aromatic heterocycles. The summed E-state index contributed by atoms with van der Waals surface area (Å²) in [6, 6.07) is 8.17. The third-order valence-electron chi connectivity index (χ3n) is 1.78. The maximum Gasteiger partial charge on any atom is 0.180 e. The van der Waals surface area contributed by atoms with E-state index in [2.05, 4.69) is 27.0 Å². The summed E-state index contributed by atoms with van der Waals surface area (Å²) in [6.45, 7) is 0. The van der Waals surface area contributed by atoms with E-state index in [0.717, 1.165) is 15.9 Å². The van der Waals surface area contributed by atoms with Crippen molar-refractivity contribution in [2.24, 2.45) is 0 Å². The van der Waals surface area contributed by atoms with Gasteiger partial charge < -0.3 is 5.73 Å². The molecule has 0 atom stereocenters. The Morgan fingerprint density at radius 2 is 2.20 bits per heavy atom. The molecule has 0 radical (unpaired) electrons. The van der Waals surface area contributed by atoms with Crippen molar-refractivity contribution in [2.75, 3.05) is 5.73 Å². The van der Waals surface area contributed by atoms with Gasteiger partial charge in [-0.05, 0) is 28.1 Å². The van der Waals surface area contributed by atoms with Crippen molar-refractivity contribution in [3.8, 4) is 0 Å². The quantitative estimate of drug-likeness (QED) is 0.877. The Bertz CT molecular complexity index is 456. The smallest absolute Gasteiger partial charge is 0.180 e. The fourth-order valence-corrected chi connectivity index (χ4v) is 3.23. The van der Waals surface area contributed by atoms with Crippen LogP contribution in [0, 0.1) is 0 Å². The number of benzene rings is 1. The normalized spacial score (nSPS) is 10.5. The Hall–Kier alpha value is -0.520. The molecule has 0 aliphatic rings. The zero-order chi connectivity index (χ0) is 10.7. The first-order valence-electron chi connectivity index (χ1n) is 4.33. The molecule has 2 nitrogen and oxygen atoms in total. The largest absolute Gasteiger partial charge is 0.375 e. The first kappa shape index (κ1) is 11.0. The minimum Gasteiger partial charge on any atom is -0.375 e. The summed E-state index contributed by atoms with van der Waals surface area (Å²) >= 11 is 6.75. The SMILES string of the molecule is Nc1nc(CSc2ccccc2Br)cs1. The van der Waals surface area contributed by atoms with Crippen LogP contribution in [0.5, 0.6) is 0 Å². The van der Waals surface area contributed by atoms with Gasteiger partial charge in [0.05, 0.1) is 5.69 Å². The number of thioether (sulfide) groups is 1. The van der Waals surface area contributed by atoms with Crippen LogP contribution < -0.4 is 5.73 Å². The first-order chi connectivity index (χ1) is 7.25. The summed E-state index contributed by atoms with van der Waals surface area (Å²) in [5.74, 6) is 0.857. The van der Waals surface area contributed by atoms with Crippen molar-refractivity contribution in [1.82, 2.24) is 4.98 Å². The molecule has 15 heavy (non-hydrogen) atoms. The molecule has 5 heteroatoms. The molecular formula is C10H9BrN2S2. The van der Waals surface area contributed by atoms with Crippen molar-refractivity contribution in [2.45, 2.75) is 10.6 Å². The molecule has 2 N–H and O–H groups in total. The maximum atomic E-state index is 5.57. The van der Waals surface area contributed by atoms with E-state index in [1.165, 1.54) is 16.2 Å². The molecule has 0 saturated heterocycles. The molecule has 0 fully saturated rings. The first-order valence-corrected chi connectivity index (χ1v) is 6.99. The van der Waals surface area contributed by atoms with Crippen molar-refractivity contribution in [1.29, 1.82) is 0 Å². The molecule has 0 spiro atoms. The van der Waals surface area contributed by atoms with Crippen molar-refractivity contribution < 1.29 is 0 Å². The fourth-order valence-electron chi connectivity index (χ4n) is 1.10. The predicted octanol–water partition coefficient (Wildman–Crippen LogP) is 3.78. The Balaban J connectivity index is 2.02.